The Morgan fingerprint density at radius 3 is 2.81 bits per heavy atom. The molecule has 0 heterocycles. The first-order valence-electron chi connectivity index (χ1n) is 8.07. The van der Waals surface area contributed by atoms with Crippen molar-refractivity contribution in [1.29, 1.82) is 0 Å². The summed E-state index contributed by atoms with van der Waals surface area (Å²) in [6.07, 6.45) is 10.3. The molecule has 0 spiro atoms. The van der Waals surface area contributed by atoms with Gasteiger partial charge in [-0.2, -0.15) is 0 Å². The van der Waals surface area contributed by atoms with Gasteiger partial charge in [-0.15, -0.1) is 0 Å². The quantitative estimate of drug-likeness (QED) is 0.600. The topological polar surface area (TPSA) is 12.0 Å². The van der Waals surface area contributed by atoms with Crippen LogP contribution in [0.5, 0.6) is 0 Å². The number of rotatable bonds is 6. The van der Waals surface area contributed by atoms with Crippen LogP contribution in [0.1, 0.15) is 51.0 Å². The number of hydrogen-bond donors (Lipinski definition) is 1. The third-order valence-corrected chi connectivity index (χ3v) is 5.14. The summed E-state index contributed by atoms with van der Waals surface area (Å²) in [4.78, 5) is 0. The third kappa shape index (κ3) is 5.43. The van der Waals surface area contributed by atoms with Gasteiger partial charge in [0.2, 0.25) is 0 Å². The van der Waals surface area contributed by atoms with E-state index >= 15 is 0 Å². The van der Waals surface area contributed by atoms with Gasteiger partial charge in [0.1, 0.15) is 0 Å². The van der Waals surface area contributed by atoms with E-state index in [0.717, 1.165) is 28.5 Å². The summed E-state index contributed by atoms with van der Waals surface area (Å²) < 4.78 is 1.12. The average Bonchev–Trinajstić information content (AvgIpc) is 2.51. The normalized spacial score (nSPS) is 17.2. The highest BCUT2D eigenvalue weighted by Gasteiger charge is 2.18. The van der Waals surface area contributed by atoms with Crippen molar-refractivity contribution in [3.8, 4) is 0 Å². The van der Waals surface area contributed by atoms with Gasteiger partial charge in [0, 0.05) is 16.0 Å². The standard InChI is InChI=1S/C18H25BrClN/c1-2-10-21-13-16(14-6-4-3-5-7-14)11-15-12-17(20)8-9-18(15)19/h8-9,11-12,14,21H,2-7,10,13H2,1H3/b16-11-. The summed E-state index contributed by atoms with van der Waals surface area (Å²) in [5.41, 5.74) is 2.73. The minimum Gasteiger partial charge on any atom is -0.313 e. The molecule has 21 heavy (non-hydrogen) atoms. The Balaban J connectivity index is 2.19. The van der Waals surface area contributed by atoms with Crippen molar-refractivity contribution in [2.45, 2.75) is 45.4 Å². The van der Waals surface area contributed by atoms with Gasteiger partial charge in [0.25, 0.3) is 0 Å². The van der Waals surface area contributed by atoms with Crippen molar-refractivity contribution in [3.05, 3.63) is 38.8 Å². The zero-order chi connectivity index (χ0) is 15.1. The van der Waals surface area contributed by atoms with Crippen LogP contribution in [0.15, 0.2) is 28.2 Å². The van der Waals surface area contributed by atoms with Crippen LogP contribution in [0.4, 0.5) is 0 Å². The predicted octanol–water partition coefficient (Wildman–Crippen LogP) is 6.07. The molecule has 0 amide bonds. The molecule has 0 aliphatic heterocycles. The van der Waals surface area contributed by atoms with Crippen LogP contribution in [0.3, 0.4) is 0 Å². The molecule has 1 saturated carbocycles. The van der Waals surface area contributed by atoms with Crippen molar-refractivity contribution in [2.24, 2.45) is 5.92 Å². The molecule has 1 nitrogen and oxygen atoms in total. The molecule has 3 heteroatoms. The lowest BCUT2D eigenvalue weighted by atomic mass is 9.83. The summed E-state index contributed by atoms with van der Waals surface area (Å²) in [6.45, 7) is 4.29. The van der Waals surface area contributed by atoms with Gasteiger partial charge in [0.15, 0.2) is 0 Å². The Kier molecular flexibility index (Phi) is 7.28. The van der Waals surface area contributed by atoms with Crippen LogP contribution in [-0.4, -0.2) is 13.1 Å². The average molecular weight is 371 g/mol. The van der Waals surface area contributed by atoms with Gasteiger partial charge in [0.05, 0.1) is 0 Å². The Bertz CT molecular complexity index is 478. The maximum absolute atomic E-state index is 6.15. The first-order chi connectivity index (χ1) is 10.2. The minimum absolute atomic E-state index is 0.731. The lowest BCUT2D eigenvalue weighted by Gasteiger charge is -2.25. The zero-order valence-electron chi connectivity index (χ0n) is 12.8. The molecule has 1 aromatic carbocycles. The van der Waals surface area contributed by atoms with E-state index in [2.05, 4.69) is 34.2 Å². The minimum atomic E-state index is 0.731. The van der Waals surface area contributed by atoms with Gasteiger partial charge in [-0.3, -0.25) is 0 Å². The van der Waals surface area contributed by atoms with Crippen molar-refractivity contribution in [1.82, 2.24) is 5.32 Å². The van der Waals surface area contributed by atoms with Crippen LogP contribution < -0.4 is 5.32 Å². The smallest absolute Gasteiger partial charge is 0.0412 e. The van der Waals surface area contributed by atoms with Gasteiger partial charge in [-0.05, 0) is 55.5 Å². The zero-order valence-corrected chi connectivity index (χ0v) is 15.1. The summed E-state index contributed by atoms with van der Waals surface area (Å²) in [5, 5.41) is 4.37. The Hall–Kier alpha value is -0.310. The van der Waals surface area contributed by atoms with E-state index in [4.69, 9.17) is 11.6 Å². The maximum Gasteiger partial charge on any atom is 0.0412 e. The molecule has 0 aromatic heterocycles. The molecule has 0 bridgehead atoms. The first kappa shape index (κ1) is 17.1. The Morgan fingerprint density at radius 2 is 2.10 bits per heavy atom. The van der Waals surface area contributed by atoms with Gasteiger partial charge >= 0.3 is 0 Å². The predicted molar refractivity (Wildman–Crippen MR) is 96.9 cm³/mol. The highest BCUT2D eigenvalue weighted by atomic mass is 79.9. The molecule has 0 unspecified atom stereocenters. The SMILES string of the molecule is CCCNC/C(=C/c1cc(Cl)ccc1Br)C1CCCCC1. The van der Waals surface area contributed by atoms with Crippen LogP contribution in [0.25, 0.3) is 6.08 Å². The van der Waals surface area contributed by atoms with Crippen molar-refractivity contribution in [2.75, 3.05) is 13.1 Å². The maximum atomic E-state index is 6.15. The molecule has 116 valence electrons. The molecule has 2 rings (SSSR count). The van der Waals surface area contributed by atoms with Crippen molar-refractivity contribution >= 4 is 33.6 Å². The van der Waals surface area contributed by atoms with Gasteiger partial charge < -0.3 is 5.32 Å². The molecular formula is C18H25BrClN. The second-order valence-corrected chi connectivity index (χ2v) is 7.19. The van der Waals surface area contributed by atoms with Crippen LogP contribution in [0.2, 0.25) is 5.02 Å². The molecule has 1 fully saturated rings. The molecular weight excluding hydrogens is 346 g/mol. The summed E-state index contributed by atoms with van der Waals surface area (Å²) in [6, 6.07) is 6.01. The third-order valence-electron chi connectivity index (χ3n) is 4.18. The van der Waals surface area contributed by atoms with E-state index in [1.807, 2.05) is 18.2 Å². The second-order valence-electron chi connectivity index (χ2n) is 5.90. The monoisotopic (exact) mass is 369 g/mol. The van der Waals surface area contributed by atoms with E-state index in [9.17, 15) is 0 Å². The summed E-state index contributed by atoms with van der Waals surface area (Å²) in [5.74, 6) is 0.731. The van der Waals surface area contributed by atoms with E-state index in [-0.39, 0.29) is 0 Å². The fourth-order valence-corrected chi connectivity index (χ4v) is 3.56. The van der Waals surface area contributed by atoms with Crippen LogP contribution >= 0.6 is 27.5 Å². The lowest BCUT2D eigenvalue weighted by molar-refractivity contribution is 0.396. The Morgan fingerprint density at radius 1 is 1.33 bits per heavy atom. The highest BCUT2D eigenvalue weighted by molar-refractivity contribution is 9.10. The molecule has 1 N–H and O–H groups in total. The summed E-state index contributed by atoms with van der Waals surface area (Å²) in [7, 11) is 0. The van der Waals surface area contributed by atoms with Crippen LogP contribution in [-0.2, 0) is 0 Å². The van der Waals surface area contributed by atoms with E-state index in [1.54, 1.807) is 0 Å². The molecule has 1 aliphatic carbocycles. The van der Waals surface area contributed by atoms with E-state index in [0.29, 0.717) is 0 Å². The molecule has 0 radical (unpaired) electrons. The van der Waals surface area contributed by atoms with E-state index in [1.165, 1.54) is 49.7 Å². The van der Waals surface area contributed by atoms with Gasteiger partial charge in [-0.1, -0.05) is 65.4 Å². The number of benzene rings is 1. The molecule has 0 saturated heterocycles. The largest absolute Gasteiger partial charge is 0.313 e. The van der Waals surface area contributed by atoms with Gasteiger partial charge in [-0.25, -0.2) is 0 Å². The summed E-state index contributed by atoms with van der Waals surface area (Å²) >= 11 is 9.79. The fourth-order valence-electron chi connectivity index (χ4n) is 3.02. The fraction of sp³-hybridized carbons (Fsp3) is 0.556. The Labute approximate surface area is 142 Å². The number of halogens is 2. The lowest BCUT2D eigenvalue weighted by Crippen LogP contribution is -2.23. The molecule has 0 atom stereocenters. The van der Waals surface area contributed by atoms with Crippen LogP contribution in [0, 0.1) is 5.92 Å². The van der Waals surface area contributed by atoms with Crippen molar-refractivity contribution in [3.63, 3.8) is 0 Å². The van der Waals surface area contributed by atoms with Crippen molar-refractivity contribution < 1.29 is 0 Å². The molecule has 1 aliphatic rings. The number of hydrogen-bond acceptors (Lipinski definition) is 1. The first-order valence-corrected chi connectivity index (χ1v) is 9.24. The highest BCUT2D eigenvalue weighted by Crippen LogP contribution is 2.32. The number of nitrogens with one attached hydrogen (secondary N) is 1. The molecule has 1 aromatic rings. The van der Waals surface area contributed by atoms with E-state index < -0.39 is 0 Å². The second kappa shape index (κ2) is 8.97.